The number of hydrogen-bond donors (Lipinski definition) is 1. The van der Waals surface area contributed by atoms with E-state index in [0.29, 0.717) is 5.92 Å². The smallest absolute Gasteiger partial charge is 0.0562 e. The Balaban J connectivity index is 1.62. The zero-order valence-corrected chi connectivity index (χ0v) is 12.8. The molecule has 0 bridgehead atoms. The number of anilines is 1. The van der Waals surface area contributed by atoms with Gasteiger partial charge in [-0.15, -0.1) is 0 Å². The summed E-state index contributed by atoms with van der Waals surface area (Å²) in [6.45, 7) is 7.67. The first-order valence-corrected chi connectivity index (χ1v) is 8.14. The summed E-state index contributed by atoms with van der Waals surface area (Å²) in [5.74, 6) is 1.64. The van der Waals surface area contributed by atoms with Gasteiger partial charge in [0, 0.05) is 31.0 Å². The molecule has 0 spiro atoms. The summed E-state index contributed by atoms with van der Waals surface area (Å²) < 4.78 is 0. The highest BCUT2D eigenvalue weighted by molar-refractivity contribution is 5.49. The Bertz CT molecular complexity index is 436. The number of rotatable bonds is 8. The molecule has 20 heavy (non-hydrogen) atoms. The van der Waals surface area contributed by atoms with E-state index in [1.54, 1.807) is 0 Å². The Morgan fingerprint density at radius 3 is 2.75 bits per heavy atom. The lowest BCUT2D eigenvalue weighted by molar-refractivity contribution is 0.548. The minimum absolute atomic E-state index is 0.691. The average Bonchev–Trinajstić information content (AvgIpc) is 3.28. The molecule has 3 rings (SSSR count). The summed E-state index contributed by atoms with van der Waals surface area (Å²) in [7, 11) is 0. The molecule has 3 heteroatoms. The van der Waals surface area contributed by atoms with E-state index in [1.807, 2.05) is 6.20 Å². The fraction of sp³-hybridized carbons (Fsp3) is 0.706. The standard InChI is InChI=1S/C17H27N3/c1-13(2)10-18-11-15-9-17(7-8-19-15)20(16-5-6-16)12-14-3-4-14/h7-9,13-14,16,18H,3-6,10-12H2,1-2H3. The summed E-state index contributed by atoms with van der Waals surface area (Å²) in [5, 5.41) is 3.48. The average molecular weight is 273 g/mol. The monoisotopic (exact) mass is 273 g/mol. The van der Waals surface area contributed by atoms with E-state index in [2.05, 4.69) is 41.2 Å². The van der Waals surface area contributed by atoms with Crippen molar-refractivity contribution in [3.63, 3.8) is 0 Å². The van der Waals surface area contributed by atoms with Gasteiger partial charge in [0.15, 0.2) is 0 Å². The van der Waals surface area contributed by atoms with Crippen molar-refractivity contribution in [2.45, 2.75) is 52.1 Å². The molecule has 1 N–H and O–H groups in total. The van der Waals surface area contributed by atoms with Gasteiger partial charge in [-0.3, -0.25) is 4.98 Å². The molecule has 0 aliphatic heterocycles. The second-order valence-corrected chi connectivity index (χ2v) is 6.86. The third kappa shape index (κ3) is 3.95. The van der Waals surface area contributed by atoms with Crippen LogP contribution < -0.4 is 10.2 Å². The Hall–Kier alpha value is -1.09. The van der Waals surface area contributed by atoms with Gasteiger partial charge in [-0.2, -0.15) is 0 Å². The van der Waals surface area contributed by atoms with Crippen LogP contribution in [0.5, 0.6) is 0 Å². The number of hydrogen-bond acceptors (Lipinski definition) is 3. The molecular weight excluding hydrogens is 246 g/mol. The highest BCUT2D eigenvalue weighted by Gasteiger charge is 2.33. The molecule has 1 aromatic heterocycles. The predicted molar refractivity (Wildman–Crippen MR) is 83.9 cm³/mol. The molecule has 0 amide bonds. The van der Waals surface area contributed by atoms with Gasteiger partial charge in [-0.05, 0) is 56.2 Å². The van der Waals surface area contributed by atoms with Crippen LogP contribution in [0.25, 0.3) is 0 Å². The number of nitrogens with one attached hydrogen (secondary N) is 1. The van der Waals surface area contributed by atoms with Crippen molar-refractivity contribution in [2.24, 2.45) is 11.8 Å². The lowest BCUT2D eigenvalue weighted by Crippen LogP contribution is -2.28. The molecule has 0 radical (unpaired) electrons. The van der Waals surface area contributed by atoms with Gasteiger partial charge in [-0.25, -0.2) is 0 Å². The minimum atomic E-state index is 0.691. The van der Waals surface area contributed by atoms with Crippen molar-refractivity contribution in [3.05, 3.63) is 24.0 Å². The summed E-state index contributed by atoms with van der Waals surface area (Å²) in [6, 6.07) is 5.27. The Morgan fingerprint density at radius 2 is 2.10 bits per heavy atom. The first-order valence-electron chi connectivity index (χ1n) is 8.14. The molecular formula is C17H27N3. The number of pyridine rings is 1. The van der Waals surface area contributed by atoms with Crippen LogP contribution in [-0.4, -0.2) is 24.1 Å². The molecule has 0 aromatic carbocycles. The zero-order valence-electron chi connectivity index (χ0n) is 12.8. The second kappa shape index (κ2) is 6.13. The highest BCUT2D eigenvalue weighted by Crippen LogP contribution is 2.37. The molecule has 0 saturated heterocycles. The van der Waals surface area contributed by atoms with Gasteiger partial charge in [0.25, 0.3) is 0 Å². The lowest BCUT2D eigenvalue weighted by atomic mass is 10.2. The van der Waals surface area contributed by atoms with Crippen LogP contribution in [0.2, 0.25) is 0 Å². The first kappa shape index (κ1) is 13.9. The maximum atomic E-state index is 4.50. The van der Waals surface area contributed by atoms with Crippen LogP contribution >= 0.6 is 0 Å². The van der Waals surface area contributed by atoms with Gasteiger partial charge in [0.2, 0.25) is 0 Å². The molecule has 2 saturated carbocycles. The predicted octanol–water partition coefficient (Wildman–Crippen LogP) is 3.21. The Kier molecular flexibility index (Phi) is 4.25. The van der Waals surface area contributed by atoms with Crippen LogP contribution in [0.1, 0.15) is 45.2 Å². The maximum absolute atomic E-state index is 4.50. The van der Waals surface area contributed by atoms with Crippen LogP contribution in [0, 0.1) is 11.8 Å². The van der Waals surface area contributed by atoms with E-state index >= 15 is 0 Å². The molecule has 110 valence electrons. The fourth-order valence-corrected chi connectivity index (χ4v) is 2.66. The third-order valence-corrected chi connectivity index (χ3v) is 4.13. The van der Waals surface area contributed by atoms with Crippen molar-refractivity contribution >= 4 is 5.69 Å². The van der Waals surface area contributed by atoms with Gasteiger partial charge >= 0.3 is 0 Å². The Morgan fingerprint density at radius 1 is 1.30 bits per heavy atom. The Labute approximate surface area is 122 Å². The minimum Gasteiger partial charge on any atom is -0.368 e. The molecule has 0 atom stereocenters. The number of nitrogens with zero attached hydrogens (tertiary/aromatic N) is 2. The normalized spacial score (nSPS) is 18.6. The van der Waals surface area contributed by atoms with Crippen molar-refractivity contribution in [1.82, 2.24) is 10.3 Å². The third-order valence-electron chi connectivity index (χ3n) is 4.13. The number of aromatic nitrogens is 1. The van der Waals surface area contributed by atoms with E-state index in [1.165, 1.54) is 43.6 Å². The van der Waals surface area contributed by atoms with E-state index < -0.39 is 0 Å². The van der Waals surface area contributed by atoms with E-state index in [-0.39, 0.29) is 0 Å². The molecule has 2 fully saturated rings. The molecule has 2 aliphatic rings. The van der Waals surface area contributed by atoms with E-state index in [0.717, 1.165) is 25.0 Å². The molecule has 0 unspecified atom stereocenters. The van der Waals surface area contributed by atoms with Crippen molar-refractivity contribution in [1.29, 1.82) is 0 Å². The largest absolute Gasteiger partial charge is 0.368 e. The lowest BCUT2D eigenvalue weighted by Gasteiger charge is -2.25. The van der Waals surface area contributed by atoms with Gasteiger partial charge in [0.05, 0.1) is 5.69 Å². The molecule has 1 aromatic rings. The SMILES string of the molecule is CC(C)CNCc1cc(N(CC2CC2)C2CC2)ccn1. The molecule has 2 aliphatic carbocycles. The first-order chi connectivity index (χ1) is 9.72. The van der Waals surface area contributed by atoms with Crippen molar-refractivity contribution < 1.29 is 0 Å². The topological polar surface area (TPSA) is 28.2 Å². The van der Waals surface area contributed by atoms with Gasteiger partial charge < -0.3 is 10.2 Å². The highest BCUT2D eigenvalue weighted by atomic mass is 15.2. The van der Waals surface area contributed by atoms with Crippen LogP contribution in [-0.2, 0) is 6.54 Å². The van der Waals surface area contributed by atoms with Crippen LogP contribution in [0.3, 0.4) is 0 Å². The quantitative estimate of drug-likeness (QED) is 0.788. The zero-order chi connectivity index (χ0) is 13.9. The maximum Gasteiger partial charge on any atom is 0.0562 e. The molecule has 1 heterocycles. The summed E-state index contributed by atoms with van der Waals surface area (Å²) in [6.07, 6.45) is 7.57. The van der Waals surface area contributed by atoms with Crippen LogP contribution in [0.4, 0.5) is 5.69 Å². The van der Waals surface area contributed by atoms with E-state index in [4.69, 9.17) is 0 Å². The van der Waals surface area contributed by atoms with Crippen LogP contribution in [0.15, 0.2) is 18.3 Å². The van der Waals surface area contributed by atoms with Gasteiger partial charge in [-0.1, -0.05) is 13.8 Å². The van der Waals surface area contributed by atoms with Crippen molar-refractivity contribution in [3.8, 4) is 0 Å². The fourth-order valence-electron chi connectivity index (χ4n) is 2.66. The summed E-state index contributed by atoms with van der Waals surface area (Å²) in [4.78, 5) is 7.13. The molecule has 3 nitrogen and oxygen atoms in total. The summed E-state index contributed by atoms with van der Waals surface area (Å²) in [5.41, 5.74) is 2.56. The van der Waals surface area contributed by atoms with Gasteiger partial charge in [0.1, 0.15) is 0 Å². The second-order valence-electron chi connectivity index (χ2n) is 6.86. The summed E-state index contributed by atoms with van der Waals surface area (Å²) >= 11 is 0. The van der Waals surface area contributed by atoms with Crippen molar-refractivity contribution in [2.75, 3.05) is 18.0 Å². The van der Waals surface area contributed by atoms with E-state index in [9.17, 15) is 0 Å².